The van der Waals surface area contributed by atoms with Crippen LogP contribution in [0.3, 0.4) is 0 Å². The van der Waals surface area contributed by atoms with Gasteiger partial charge in [-0.3, -0.25) is 0 Å². The van der Waals surface area contributed by atoms with Crippen molar-refractivity contribution in [1.29, 1.82) is 0 Å². The van der Waals surface area contributed by atoms with Gasteiger partial charge in [-0.15, -0.1) is 0 Å². The van der Waals surface area contributed by atoms with Crippen molar-refractivity contribution in [3.05, 3.63) is 0 Å². The number of thioether (sulfide) groups is 1. The fourth-order valence-electron chi connectivity index (χ4n) is 1.54. The first-order valence-corrected chi connectivity index (χ1v) is 10.6. The average Bonchev–Trinajstić information content (AvgIpc) is 2.90. The van der Waals surface area contributed by atoms with Gasteiger partial charge in [0.1, 0.15) is 0 Å². The molecule has 0 radical (unpaired) electrons. The minimum absolute atomic E-state index is 0.363. The Morgan fingerprint density at radius 2 is 1.48 bits per heavy atom. The molecule has 4 N–H and O–H groups in total. The second-order valence-electron chi connectivity index (χ2n) is 7.07. The van der Waals surface area contributed by atoms with Crippen molar-refractivity contribution in [2.24, 2.45) is 5.73 Å². The number of nitrogens with two attached hydrogens (primary N) is 1. The van der Waals surface area contributed by atoms with E-state index in [0.717, 1.165) is 25.9 Å². The first kappa shape index (κ1) is 29.9. The summed E-state index contributed by atoms with van der Waals surface area (Å²) in [6.07, 6.45) is 5.76. The van der Waals surface area contributed by atoms with Gasteiger partial charge in [0.2, 0.25) is 0 Å². The predicted octanol–water partition coefficient (Wildman–Crippen LogP) is 3.80. The van der Waals surface area contributed by atoms with E-state index in [-0.39, 0.29) is 0 Å². The molecule has 0 spiro atoms. The smallest absolute Gasteiger partial charge is 0.156 e. The van der Waals surface area contributed by atoms with E-state index < -0.39 is 5.79 Å². The van der Waals surface area contributed by atoms with Crippen molar-refractivity contribution < 1.29 is 19.7 Å². The highest BCUT2D eigenvalue weighted by Crippen LogP contribution is 2.20. The summed E-state index contributed by atoms with van der Waals surface area (Å²) in [4.78, 5) is 0. The Balaban J connectivity index is -0.000000315. The molecule has 1 aliphatic rings. The van der Waals surface area contributed by atoms with E-state index in [1.165, 1.54) is 13.8 Å². The van der Waals surface area contributed by atoms with Crippen LogP contribution in [0.1, 0.15) is 74.7 Å². The second-order valence-corrected chi connectivity index (χ2v) is 8.71. The molecule has 25 heavy (non-hydrogen) atoms. The van der Waals surface area contributed by atoms with Crippen LogP contribution in [-0.4, -0.2) is 59.0 Å². The van der Waals surface area contributed by atoms with Gasteiger partial charge in [0.15, 0.2) is 5.79 Å². The standard InChI is InChI=1S/C9H19NO2.C5H12S.C3H8O2.C2H6/c1-2-11-5-6-12-9-4-3-8(10)7-9;1-5(2,3)6-4;1-3(2,4)5;1-2/h8-9H,2-7,10H2,1H3;1-4H3;4-5H,1-2H3;1-2H3. The van der Waals surface area contributed by atoms with Crippen LogP contribution < -0.4 is 5.73 Å². The molecule has 1 rings (SSSR count). The van der Waals surface area contributed by atoms with Gasteiger partial charge in [-0.05, 0) is 46.3 Å². The van der Waals surface area contributed by atoms with Crippen molar-refractivity contribution in [2.45, 2.75) is 97.3 Å². The molecular formula is C19H45NO4S. The molecule has 0 aromatic rings. The maximum atomic E-state index is 8.08. The van der Waals surface area contributed by atoms with Crippen LogP contribution in [0.4, 0.5) is 0 Å². The molecule has 2 atom stereocenters. The summed E-state index contributed by atoms with van der Waals surface area (Å²) in [5.41, 5.74) is 5.74. The zero-order chi connectivity index (χ0) is 20.5. The topological polar surface area (TPSA) is 84.9 Å². The summed E-state index contributed by atoms with van der Waals surface area (Å²) in [5.74, 6) is -1.50. The lowest BCUT2D eigenvalue weighted by Crippen LogP contribution is -2.18. The first-order valence-electron chi connectivity index (χ1n) is 9.33. The molecule has 5 nitrogen and oxygen atoms in total. The number of rotatable bonds is 5. The number of hydrogen-bond acceptors (Lipinski definition) is 6. The fourth-order valence-corrected chi connectivity index (χ4v) is 1.54. The van der Waals surface area contributed by atoms with Gasteiger partial charge in [-0.1, -0.05) is 34.6 Å². The summed E-state index contributed by atoms with van der Waals surface area (Å²) in [6.45, 7) is 17.4. The predicted molar refractivity (Wildman–Crippen MR) is 111 cm³/mol. The van der Waals surface area contributed by atoms with E-state index in [2.05, 4.69) is 27.0 Å². The molecule has 6 heteroatoms. The fraction of sp³-hybridized carbons (Fsp3) is 1.00. The van der Waals surface area contributed by atoms with Crippen LogP contribution in [0.25, 0.3) is 0 Å². The molecule has 1 fully saturated rings. The van der Waals surface area contributed by atoms with Crippen molar-refractivity contribution in [1.82, 2.24) is 0 Å². The summed E-state index contributed by atoms with van der Waals surface area (Å²) in [6, 6.07) is 0.363. The van der Waals surface area contributed by atoms with E-state index in [0.29, 0.717) is 30.1 Å². The Labute approximate surface area is 161 Å². The SMILES string of the molecule is CC.CC(C)(O)O.CCOCCOC1CCC(N)C1.CSC(C)(C)C. The maximum Gasteiger partial charge on any atom is 0.156 e. The van der Waals surface area contributed by atoms with Crippen LogP contribution in [0.15, 0.2) is 0 Å². The van der Waals surface area contributed by atoms with Crippen molar-refractivity contribution in [3.63, 3.8) is 0 Å². The van der Waals surface area contributed by atoms with Gasteiger partial charge in [0.25, 0.3) is 0 Å². The largest absolute Gasteiger partial charge is 0.379 e. The van der Waals surface area contributed by atoms with Gasteiger partial charge < -0.3 is 25.4 Å². The van der Waals surface area contributed by atoms with Gasteiger partial charge in [0, 0.05) is 17.4 Å². The lowest BCUT2D eigenvalue weighted by molar-refractivity contribution is -0.127. The van der Waals surface area contributed by atoms with Gasteiger partial charge in [-0.2, -0.15) is 11.8 Å². The van der Waals surface area contributed by atoms with Crippen LogP contribution in [0.5, 0.6) is 0 Å². The zero-order valence-corrected chi connectivity index (χ0v) is 18.9. The first-order chi connectivity index (χ1) is 11.4. The lowest BCUT2D eigenvalue weighted by atomic mass is 10.3. The number of ether oxygens (including phenoxy) is 2. The highest BCUT2D eigenvalue weighted by Gasteiger charge is 2.21. The summed E-state index contributed by atoms with van der Waals surface area (Å²) >= 11 is 1.88. The Morgan fingerprint density at radius 3 is 1.76 bits per heavy atom. The maximum absolute atomic E-state index is 8.08. The number of aliphatic hydroxyl groups is 2. The molecule has 1 aliphatic carbocycles. The van der Waals surface area contributed by atoms with Crippen LogP contribution in [-0.2, 0) is 9.47 Å². The molecule has 156 valence electrons. The lowest BCUT2D eigenvalue weighted by Gasteiger charge is -2.12. The van der Waals surface area contributed by atoms with Gasteiger partial charge >= 0.3 is 0 Å². The highest BCUT2D eigenvalue weighted by molar-refractivity contribution is 7.99. The molecule has 1 saturated carbocycles. The normalized spacial score (nSPS) is 19.7. The third kappa shape index (κ3) is 36.0. The van der Waals surface area contributed by atoms with Crippen molar-refractivity contribution >= 4 is 11.8 Å². The Hall–Kier alpha value is 0.150. The summed E-state index contributed by atoms with van der Waals surface area (Å²) in [7, 11) is 0. The summed E-state index contributed by atoms with van der Waals surface area (Å²) < 4.78 is 11.2. The minimum atomic E-state index is -1.50. The average molecular weight is 384 g/mol. The molecule has 0 aromatic carbocycles. The molecular weight excluding hydrogens is 338 g/mol. The van der Waals surface area contributed by atoms with Gasteiger partial charge in [0.05, 0.1) is 19.3 Å². The Kier molecular flexibility index (Phi) is 21.0. The van der Waals surface area contributed by atoms with E-state index >= 15 is 0 Å². The number of hydrogen-bond donors (Lipinski definition) is 3. The van der Waals surface area contributed by atoms with Gasteiger partial charge in [-0.25, -0.2) is 0 Å². The Bertz CT molecular complexity index is 259. The molecule has 0 amide bonds. The third-order valence-electron chi connectivity index (χ3n) is 2.82. The quantitative estimate of drug-likeness (QED) is 0.494. The van der Waals surface area contributed by atoms with E-state index in [1.54, 1.807) is 0 Å². The Morgan fingerprint density at radius 1 is 1.04 bits per heavy atom. The van der Waals surface area contributed by atoms with Crippen molar-refractivity contribution in [2.75, 3.05) is 26.1 Å². The van der Waals surface area contributed by atoms with E-state index in [9.17, 15) is 0 Å². The second kappa shape index (κ2) is 17.6. The van der Waals surface area contributed by atoms with E-state index in [4.69, 9.17) is 25.4 Å². The highest BCUT2D eigenvalue weighted by atomic mass is 32.2. The van der Waals surface area contributed by atoms with Crippen LogP contribution in [0.2, 0.25) is 0 Å². The molecule has 0 aliphatic heterocycles. The summed E-state index contributed by atoms with van der Waals surface area (Å²) in [5, 5.41) is 16.2. The molecule has 0 heterocycles. The third-order valence-corrected chi connectivity index (χ3v) is 4.05. The molecule has 0 aromatic heterocycles. The van der Waals surface area contributed by atoms with Crippen LogP contribution >= 0.6 is 11.8 Å². The molecule has 0 saturated heterocycles. The van der Waals surface area contributed by atoms with Crippen molar-refractivity contribution in [3.8, 4) is 0 Å². The minimum Gasteiger partial charge on any atom is -0.379 e. The van der Waals surface area contributed by atoms with E-state index in [1.807, 2.05) is 32.5 Å². The molecule has 2 unspecified atom stereocenters. The zero-order valence-electron chi connectivity index (χ0n) is 18.1. The van der Waals surface area contributed by atoms with Crippen LogP contribution in [0, 0.1) is 0 Å². The molecule has 0 bridgehead atoms. The monoisotopic (exact) mass is 383 g/mol.